The van der Waals surface area contributed by atoms with Crippen LogP contribution in [-0.4, -0.2) is 56.9 Å². The number of aryl methyl sites for hydroxylation is 1. The van der Waals surface area contributed by atoms with Crippen molar-refractivity contribution in [3.63, 3.8) is 0 Å². The van der Waals surface area contributed by atoms with E-state index < -0.39 is 5.60 Å². The average Bonchev–Trinajstić information content (AvgIpc) is 3.59. The van der Waals surface area contributed by atoms with Gasteiger partial charge in [0.15, 0.2) is 5.82 Å². The zero-order valence-corrected chi connectivity index (χ0v) is 27.2. The SMILES string of the molecule is COc1nc(-c2cccc(-c3ccnc(-n4ccc(C)c4CNC4CC(C)(O)C4)c3Cl)c2Cl)ccc1CNC[C@@H]1CCC(=O)N1. The van der Waals surface area contributed by atoms with Gasteiger partial charge in [0.2, 0.25) is 11.8 Å². The molecule has 6 rings (SSSR count). The number of ether oxygens (including phenoxy) is 1. The van der Waals surface area contributed by atoms with E-state index in [2.05, 4.69) is 33.9 Å². The van der Waals surface area contributed by atoms with Crippen molar-refractivity contribution in [1.29, 1.82) is 0 Å². The minimum Gasteiger partial charge on any atom is -0.481 e. The summed E-state index contributed by atoms with van der Waals surface area (Å²) in [6.45, 7) is 5.82. The molecule has 1 aliphatic carbocycles. The fraction of sp³-hybridized carbons (Fsp3) is 0.382. The Morgan fingerprint density at radius 1 is 1.09 bits per heavy atom. The van der Waals surface area contributed by atoms with Gasteiger partial charge < -0.3 is 30.4 Å². The van der Waals surface area contributed by atoms with Crippen molar-refractivity contribution in [2.24, 2.45) is 0 Å². The number of carbonyl (C=O) groups is 1. The van der Waals surface area contributed by atoms with Gasteiger partial charge in [-0.25, -0.2) is 9.97 Å². The van der Waals surface area contributed by atoms with Gasteiger partial charge >= 0.3 is 0 Å². The molecule has 1 atom stereocenters. The number of hydrogen-bond acceptors (Lipinski definition) is 7. The van der Waals surface area contributed by atoms with Crippen molar-refractivity contribution < 1.29 is 14.6 Å². The van der Waals surface area contributed by atoms with Crippen LogP contribution in [0.2, 0.25) is 10.0 Å². The van der Waals surface area contributed by atoms with Gasteiger partial charge in [-0.3, -0.25) is 4.79 Å². The van der Waals surface area contributed by atoms with Gasteiger partial charge in [-0.05, 0) is 56.9 Å². The molecule has 0 bridgehead atoms. The zero-order valence-electron chi connectivity index (χ0n) is 25.7. The molecule has 1 saturated carbocycles. The second kappa shape index (κ2) is 13.1. The molecule has 3 aromatic heterocycles. The summed E-state index contributed by atoms with van der Waals surface area (Å²) in [7, 11) is 1.60. The molecular formula is C34H38Cl2N6O3. The number of benzene rings is 1. The summed E-state index contributed by atoms with van der Waals surface area (Å²) < 4.78 is 7.66. The second-order valence-electron chi connectivity index (χ2n) is 12.3. The van der Waals surface area contributed by atoms with E-state index in [-0.39, 0.29) is 18.0 Å². The lowest BCUT2D eigenvalue weighted by atomic mass is 9.77. The molecule has 11 heteroatoms. The summed E-state index contributed by atoms with van der Waals surface area (Å²) in [6, 6.07) is 14.1. The fourth-order valence-corrected chi connectivity index (χ4v) is 6.89. The predicted octanol–water partition coefficient (Wildman–Crippen LogP) is 5.60. The molecule has 0 unspecified atom stereocenters. The van der Waals surface area contributed by atoms with Crippen molar-refractivity contribution >= 4 is 29.1 Å². The molecule has 2 fully saturated rings. The first kappa shape index (κ1) is 31.5. The number of aliphatic hydroxyl groups is 1. The second-order valence-corrected chi connectivity index (χ2v) is 13.0. The molecule has 1 saturated heterocycles. The number of aromatic nitrogens is 3. The predicted molar refractivity (Wildman–Crippen MR) is 177 cm³/mol. The molecule has 9 nitrogen and oxygen atoms in total. The zero-order chi connectivity index (χ0) is 31.7. The Morgan fingerprint density at radius 2 is 1.87 bits per heavy atom. The van der Waals surface area contributed by atoms with Crippen LogP contribution in [0.15, 0.2) is 54.9 Å². The van der Waals surface area contributed by atoms with Crippen molar-refractivity contribution in [3.8, 4) is 34.1 Å². The molecule has 0 spiro atoms. The van der Waals surface area contributed by atoms with Crippen LogP contribution in [0.5, 0.6) is 5.88 Å². The van der Waals surface area contributed by atoms with Gasteiger partial charge in [-0.1, -0.05) is 47.5 Å². The van der Waals surface area contributed by atoms with E-state index in [1.807, 2.05) is 54.1 Å². The molecule has 0 radical (unpaired) electrons. The third kappa shape index (κ3) is 6.73. The smallest absolute Gasteiger partial charge is 0.220 e. The van der Waals surface area contributed by atoms with Crippen LogP contribution in [0.1, 0.15) is 49.4 Å². The van der Waals surface area contributed by atoms with Gasteiger partial charge in [-0.2, -0.15) is 0 Å². The number of hydrogen-bond donors (Lipinski definition) is 4. The Hall–Kier alpha value is -3.47. The van der Waals surface area contributed by atoms with Crippen LogP contribution in [0.4, 0.5) is 0 Å². The van der Waals surface area contributed by atoms with Crippen molar-refractivity contribution in [1.82, 2.24) is 30.5 Å². The number of amides is 1. The number of methoxy groups -OCH3 is 1. The Labute approximate surface area is 273 Å². The molecule has 4 heterocycles. The van der Waals surface area contributed by atoms with Crippen LogP contribution in [0.25, 0.3) is 28.2 Å². The first-order valence-corrected chi connectivity index (χ1v) is 16.0. The van der Waals surface area contributed by atoms with E-state index in [0.717, 1.165) is 52.8 Å². The first-order chi connectivity index (χ1) is 21.6. The Morgan fingerprint density at radius 3 is 2.60 bits per heavy atom. The summed E-state index contributed by atoms with van der Waals surface area (Å²) in [5, 5.41) is 21.1. The lowest BCUT2D eigenvalue weighted by Gasteiger charge is -2.41. The molecule has 1 amide bonds. The third-order valence-corrected chi connectivity index (χ3v) is 9.52. The summed E-state index contributed by atoms with van der Waals surface area (Å²) in [4.78, 5) is 20.9. The van der Waals surface area contributed by atoms with Crippen LogP contribution < -0.4 is 20.7 Å². The quantitative estimate of drug-likeness (QED) is 0.168. The summed E-state index contributed by atoms with van der Waals surface area (Å²) >= 11 is 14.2. The molecule has 4 aromatic rings. The highest BCUT2D eigenvalue weighted by Gasteiger charge is 2.38. The van der Waals surface area contributed by atoms with Crippen LogP contribution in [0, 0.1) is 6.92 Å². The molecule has 236 valence electrons. The van der Waals surface area contributed by atoms with Gasteiger partial charge in [0.1, 0.15) is 0 Å². The molecule has 2 aliphatic rings. The summed E-state index contributed by atoms with van der Waals surface area (Å²) in [5.41, 5.74) is 5.49. The standard InChI is InChI=1S/C34H38Cl2N6O3/c1-20-12-14-42(28(20)19-39-23-15-34(2,44)16-23)32-31(36)25(11-13-38-32)24-5-4-6-26(30(24)35)27-9-7-21(33(41-27)45-3)17-37-18-22-8-10-29(43)40-22/h4-7,9,11-14,22-23,37,39,44H,8,10,15-19H2,1-3H3,(H,40,43)/t22-,23?,34?/m0/s1. The van der Waals surface area contributed by atoms with Gasteiger partial charge in [0.05, 0.1) is 28.5 Å². The largest absolute Gasteiger partial charge is 0.481 e. The van der Waals surface area contributed by atoms with E-state index >= 15 is 0 Å². The van der Waals surface area contributed by atoms with Gasteiger partial charge in [-0.15, -0.1) is 0 Å². The average molecular weight is 650 g/mol. The minimum atomic E-state index is -0.586. The topological polar surface area (TPSA) is 113 Å². The Bertz CT molecular complexity index is 1710. The van der Waals surface area contributed by atoms with Crippen molar-refractivity contribution in [3.05, 3.63) is 81.7 Å². The van der Waals surface area contributed by atoms with E-state index in [1.54, 1.807) is 13.3 Å². The van der Waals surface area contributed by atoms with Crippen molar-refractivity contribution in [2.75, 3.05) is 13.7 Å². The highest BCUT2D eigenvalue weighted by Crippen LogP contribution is 2.41. The maximum Gasteiger partial charge on any atom is 0.220 e. The lowest BCUT2D eigenvalue weighted by molar-refractivity contribution is -0.119. The molecule has 1 aromatic carbocycles. The molecular weight excluding hydrogens is 611 g/mol. The highest BCUT2D eigenvalue weighted by atomic mass is 35.5. The van der Waals surface area contributed by atoms with E-state index in [4.69, 9.17) is 32.9 Å². The number of halogens is 2. The monoisotopic (exact) mass is 648 g/mol. The van der Waals surface area contributed by atoms with Crippen LogP contribution >= 0.6 is 23.2 Å². The highest BCUT2D eigenvalue weighted by molar-refractivity contribution is 6.38. The van der Waals surface area contributed by atoms with E-state index in [0.29, 0.717) is 53.5 Å². The number of rotatable bonds is 11. The van der Waals surface area contributed by atoms with Crippen LogP contribution in [-0.2, 0) is 17.9 Å². The lowest BCUT2D eigenvalue weighted by Crippen LogP contribution is -2.51. The van der Waals surface area contributed by atoms with E-state index in [9.17, 15) is 9.90 Å². The van der Waals surface area contributed by atoms with E-state index in [1.165, 1.54) is 0 Å². The fourth-order valence-electron chi connectivity index (χ4n) is 6.26. The van der Waals surface area contributed by atoms with Crippen LogP contribution in [0.3, 0.4) is 0 Å². The Kier molecular flexibility index (Phi) is 9.17. The normalized spacial score (nSPS) is 21.1. The molecule has 4 N–H and O–H groups in total. The Balaban J connectivity index is 1.24. The molecule has 1 aliphatic heterocycles. The first-order valence-electron chi connectivity index (χ1n) is 15.2. The molecule has 45 heavy (non-hydrogen) atoms. The maximum atomic E-state index is 11.5. The number of pyridine rings is 2. The number of nitrogens with one attached hydrogen (secondary N) is 3. The maximum absolute atomic E-state index is 11.5. The number of carbonyl (C=O) groups excluding carboxylic acids is 1. The van der Waals surface area contributed by atoms with Gasteiger partial charge in [0, 0.05) is 78.5 Å². The minimum absolute atomic E-state index is 0.103. The van der Waals surface area contributed by atoms with Gasteiger partial charge in [0.25, 0.3) is 0 Å². The van der Waals surface area contributed by atoms with Crippen molar-refractivity contribution in [2.45, 2.75) is 70.3 Å². The third-order valence-electron chi connectivity index (χ3n) is 8.74. The summed E-state index contributed by atoms with van der Waals surface area (Å²) in [5.74, 6) is 1.23. The summed E-state index contributed by atoms with van der Waals surface area (Å²) in [6.07, 6.45) is 6.61. The number of nitrogens with zero attached hydrogens (tertiary/aromatic N) is 3.